The number of hydrogen-bond acceptors (Lipinski definition) is 7. The van der Waals surface area contributed by atoms with E-state index in [4.69, 9.17) is 10.3 Å². The predicted octanol–water partition coefficient (Wildman–Crippen LogP) is 0.502. The molecular weight excluding hydrogens is 230 g/mol. The fourth-order valence-electron chi connectivity index (χ4n) is 1.04. The van der Waals surface area contributed by atoms with Crippen LogP contribution in [0.1, 0.15) is 18.1 Å². The van der Waals surface area contributed by atoms with Crippen LogP contribution in [0.5, 0.6) is 0 Å². The van der Waals surface area contributed by atoms with E-state index in [1.54, 1.807) is 18.7 Å². The Labute approximate surface area is 97.9 Å². The Morgan fingerprint density at radius 3 is 3.00 bits per heavy atom. The first-order chi connectivity index (χ1) is 7.63. The number of aryl methyl sites for hydroxylation is 1. The van der Waals surface area contributed by atoms with Gasteiger partial charge in [-0.2, -0.15) is 16.7 Å². The Morgan fingerprint density at radius 2 is 2.44 bits per heavy atom. The molecule has 2 N–H and O–H groups in total. The van der Waals surface area contributed by atoms with Crippen molar-refractivity contribution in [1.29, 1.82) is 0 Å². The van der Waals surface area contributed by atoms with Crippen LogP contribution in [0.4, 0.5) is 0 Å². The van der Waals surface area contributed by atoms with E-state index in [1.165, 1.54) is 7.11 Å². The Bertz CT molecular complexity index is 342. The second-order valence-corrected chi connectivity index (χ2v) is 4.31. The Morgan fingerprint density at radius 1 is 1.69 bits per heavy atom. The van der Waals surface area contributed by atoms with Crippen LogP contribution in [0.15, 0.2) is 4.52 Å². The first-order valence-electron chi connectivity index (χ1n) is 4.84. The summed E-state index contributed by atoms with van der Waals surface area (Å²) in [4.78, 5) is 15.0. The van der Waals surface area contributed by atoms with E-state index in [2.05, 4.69) is 14.9 Å². The summed E-state index contributed by atoms with van der Waals surface area (Å²) in [5, 5.41) is 3.67. The summed E-state index contributed by atoms with van der Waals surface area (Å²) in [7, 11) is 1.33. The lowest BCUT2D eigenvalue weighted by molar-refractivity contribution is -0.142. The van der Waals surface area contributed by atoms with Crippen molar-refractivity contribution < 1.29 is 14.1 Å². The van der Waals surface area contributed by atoms with Crippen molar-refractivity contribution in [3.05, 3.63) is 11.7 Å². The van der Waals surface area contributed by atoms with Gasteiger partial charge in [-0.05, 0) is 19.1 Å². The molecule has 0 aromatic carbocycles. The quantitative estimate of drug-likeness (QED) is 0.576. The maximum atomic E-state index is 11.0. The highest BCUT2D eigenvalue weighted by Gasteiger charge is 2.13. The fourth-order valence-corrected chi connectivity index (χ4v) is 1.89. The normalized spacial score (nSPS) is 12.4. The summed E-state index contributed by atoms with van der Waals surface area (Å²) in [5.74, 6) is 2.22. The first-order valence-corrected chi connectivity index (χ1v) is 5.99. The van der Waals surface area contributed by atoms with Crippen LogP contribution in [-0.4, -0.2) is 35.0 Å². The average Bonchev–Trinajstić information content (AvgIpc) is 2.69. The van der Waals surface area contributed by atoms with Crippen LogP contribution < -0.4 is 5.73 Å². The van der Waals surface area contributed by atoms with Crippen molar-refractivity contribution in [3.63, 3.8) is 0 Å². The topological polar surface area (TPSA) is 91.2 Å². The van der Waals surface area contributed by atoms with E-state index in [0.717, 1.165) is 5.75 Å². The van der Waals surface area contributed by atoms with E-state index >= 15 is 0 Å². The number of thioether (sulfide) groups is 1. The number of methoxy groups -OCH3 is 1. The number of carbonyl (C=O) groups excluding carboxylic acids is 1. The molecule has 0 aliphatic carbocycles. The molecule has 0 spiro atoms. The maximum absolute atomic E-state index is 11.0. The van der Waals surface area contributed by atoms with Crippen LogP contribution >= 0.6 is 11.8 Å². The van der Waals surface area contributed by atoms with E-state index in [9.17, 15) is 4.79 Å². The van der Waals surface area contributed by atoms with Gasteiger partial charge >= 0.3 is 5.97 Å². The summed E-state index contributed by atoms with van der Waals surface area (Å²) in [6, 6.07) is -0.554. The maximum Gasteiger partial charge on any atom is 0.322 e. The molecule has 0 bridgehead atoms. The molecule has 0 saturated heterocycles. The zero-order chi connectivity index (χ0) is 12.0. The molecule has 6 nitrogen and oxygen atoms in total. The standard InChI is InChI=1S/C9H15N3O3S/c1-6-11-8(15-12-6)5-16-4-3-7(10)9(13)14-2/h7H,3-5,10H2,1-2H3. The third-order valence-corrected chi connectivity index (χ3v) is 2.85. The molecule has 1 aromatic heterocycles. The van der Waals surface area contributed by atoms with Gasteiger partial charge in [0.05, 0.1) is 12.9 Å². The molecule has 0 fully saturated rings. The van der Waals surface area contributed by atoms with Crippen molar-refractivity contribution >= 4 is 17.7 Å². The lowest BCUT2D eigenvalue weighted by atomic mass is 10.2. The summed E-state index contributed by atoms with van der Waals surface area (Å²) in [6.07, 6.45) is 0.574. The van der Waals surface area contributed by atoms with Crippen LogP contribution in [0.25, 0.3) is 0 Å². The smallest absolute Gasteiger partial charge is 0.322 e. The molecule has 1 aromatic rings. The number of hydrogen-bond donors (Lipinski definition) is 1. The SMILES string of the molecule is COC(=O)C(N)CCSCc1nc(C)no1. The third kappa shape index (κ3) is 4.19. The minimum Gasteiger partial charge on any atom is -0.468 e. The highest BCUT2D eigenvalue weighted by molar-refractivity contribution is 7.98. The molecule has 0 radical (unpaired) electrons. The summed E-state index contributed by atoms with van der Waals surface area (Å²) in [5.41, 5.74) is 5.57. The number of nitrogens with two attached hydrogens (primary N) is 1. The van der Waals surface area contributed by atoms with Gasteiger partial charge in [0.15, 0.2) is 5.82 Å². The van der Waals surface area contributed by atoms with Gasteiger partial charge in [0.25, 0.3) is 0 Å². The second-order valence-electron chi connectivity index (χ2n) is 3.21. The number of nitrogens with zero attached hydrogens (tertiary/aromatic N) is 2. The van der Waals surface area contributed by atoms with Gasteiger partial charge in [-0.15, -0.1) is 0 Å². The molecule has 7 heteroatoms. The van der Waals surface area contributed by atoms with E-state index < -0.39 is 6.04 Å². The zero-order valence-corrected chi connectivity index (χ0v) is 10.1. The minimum absolute atomic E-state index is 0.380. The molecule has 0 aliphatic rings. The largest absolute Gasteiger partial charge is 0.468 e. The van der Waals surface area contributed by atoms with Crippen molar-refractivity contribution in [2.24, 2.45) is 5.73 Å². The monoisotopic (exact) mass is 245 g/mol. The predicted molar refractivity (Wildman–Crippen MR) is 59.8 cm³/mol. The molecule has 0 aliphatic heterocycles. The lowest BCUT2D eigenvalue weighted by Crippen LogP contribution is -2.31. The van der Waals surface area contributed by atoms with Crippen molar-refractivity contribution in [1.82, 2.24) is 10.1 Å². The van der Waals surface area contributed by atoms with Gasteiger partial charge in [-0.25, -0.2) is 0 Å². The number of carbonyl (C=O) groups is 1. The Hall–Kier alpha value is -1.08. The highest BCUT2D eigenvalue weighted by atomic mass is 32.2. The molecule has 1 atom stereocenters. The van der Waals surface area contributed by atoms with E-state index in [0.29, 0.717) is 23.9 Å². The Kier molecular flexibility index (Phi) is 5.27. The molecule has 1 unspecified atom stereocenters. The third-order valence-electron chi connectivity index (χ3n) is 1.87. The molecule has 1 heterocycles. The first kappa shape index (κ1) is 13.0. The number of ether oxygens (including phenoxy) is 1. The summed E-state index contributed by atoms with van der Waals surface area (Å²) >= 11 is 1.59. The number of aromatic nitrogens is 2. The van der Waals surface area contributed by atoms with Crippen LogP contribution in [0, 0.1) is 6.92 Å². The molecule has 0 amide bonds. The van der Waals surface area contributed by atoms with Crippen molar-refractivity contribution in [2.75, 3.05) is 12.9 Å². The molecule has 16 heavy (non-hydrogen) atoms. The fraction of sp³-hybridized carbons (Fsp3) is 0.667. The highest BCUT2D eigenvalue weighted by Crippen LogP contribution is 2.12. The van der Waals surface area contributed by atoms with Gasteiger partial charge in [0.2, 0.25) is 5.89 Å². The van der Waals surface area contributed by atoms with E-state index in [1.807, 2.05) is 0 Å². The van der Waals surface area contributed by atoms with Gasteiger partial charge in [-0.1, -0.05) is 5.16 Å². The van der Waals surface area contributed by atoms with Gasteiger partial charge < -0.3 is 15.0 Å². The number of rotatable bonds is 6. The van der Waals surface area contributed by atoms with Gasteiger partial charge in [0.1, 0.15) is 6.04 Å². The van der Waals surface area contributed by atoms with E-state index in [-0.39, 0.29) is 5.97 Å². The van der Waals surface area contributed by atoms with Crippen LogP contribution in [0.3, 0.4) is 0 Å². The molecule has 0 saturated carbocycles. The molecular formula is C9H15N3O3S. The minimum atomic E-state index is -0.554. The molecule has 90 valence electrons. The number of esters is 1. The summed E-state index contributed by atoms with van der Waals surface area (Å²) < 4.78 is 9.45. The zero-order valence-electron chi connectivity index (χ0n) is 9.30. The second kappa shape index (κ2) is 6.49. The summed E-state index contributed by atoms with van der Waals surface area (Å²) in [6.45, 7) is 1.77. The van der Waals surface area contributed by atoms with Crippen LogP contribution in [-0.2, 0) is 15.3 Å². The van der Waals surface area contributed by atoms with Gasteiger partial charge in [-0.3, -0.25) is 4.79 Å². The average molecular weight is 245 g/mol. The van der Waals surface area contributed by atoms with Crippen molar-refractivity contribution in [2.45, 2.75) is 25.1 Å². The molecule has 1 rings (SSSR count). The lowest BCUT2D eigenvalue weighted by Gasteiger charge is -2.07. The van der Waals surface area contributed by atoms with Crippen LogP contribution in [0.2, 0.25) is 0 Å². The van der Waals surface area contributed by atoms with Gasteiger partial charge in [0, 0.05) is 0 Å². The van der Waals surface area contributed by atoms with Crippen molar-refractivity contribution in [3.8, 4) is 0 Å². The Balaban J connectivity index is 2.14.